The molecule has 0 aliphatic carbocycles. The largest absolute Gasteiger partial charge is 0.493 e. The van der Waals surface area contributed by atoms with Crippen LogP contribution in [0.25, 0.3) is 0 Å². The lowest BCUT2D eigenvalue weighted by Gasteiger charge is -2.31. The van der Waals surface area contributed by atoms with Gasteiger partial charge in [0.2, 0.25) is 5.91 Å². The normalized spacial score (nSPS) is 14.1. The van der Waals surface area contributed by atoms with Crippen molar-refractivity contribution in [3.05, 3.63) is 58.6 Å². The Kier molecular flexibility index (Phi) is 9.39. The summed E-state index contributed by atoms with van der Waals surface area (Å²) in [5.74, 6) is 0.938. The summed E-state index contributed by atoms with van der Waals surface area (Å²) >= 11 is 6.19. The van der Waals surface area contributed by atoms with E-state index < -0.39 is 0 Å². The summed E-state index contributed by atoms with van der Waals surface area (Å²) in [5, 5.41) is 3.58. The van der Waals surface area contributed by atoms with Crippen molar-refractivity contribution >= 4 is 23.4 Å². The van der Waals surface area contributed by atoms with E-state index in [2.05, 4.69) is 5.32 Å². The Morgan fingerprint density at radius 2 is 1.85 bits per heavy atom. The molecule has 2 aromatic carbocycles. The minimum atomic E-state index is -0.0788. The highest BCUT2D eigenvalue weighted by Gasteiger charge is 2.28. The zero-order valence-corrected chi connectivity index (χ0v) is 19.9. The van der Waals surface area contributed by atoms with Crippen molar-refractivity contribution in [2.45, 2.75) is 25.9 Å². The summed E-state index contributed by atoms with van der Waals surface area (Å²) in [7, 11) is 3.19. The number of piperidine rings is 1. The average molecular weight is 475 g/mol. The third kappa shape index (κ3) is 6.85. The Morgan fingerprint density at radius 3 is 2.55 bits per heavy atom. The number of benzene rings is 2. The molecule has 3 rings (SSSR count). The number of nitrogens with zero attached hydrogens (tertiary/aromatic N) is 1. The molecule has 0 radical (unpaired) electrons. The Bertz CT molecular complexity index is 944. The number of carbonyl (C=O) groups excluding carboxylic acids is 2. The van der Waals surface area contributed by atoms with Crippen molar-refractivity contribution in [2.75, 3.05) is 40.5 Å². The number of hydrogen-bond donors (Lipinski definition) is 1. The third-order valence-electron chi connectivity index (χ3n) is 5.73. The second kappa shape index (κ2) is 12.5. The van der Waals surface area contributed by atoms with Crippen LogP contribution in [0.4, 0.5) is 0 Å². The van der Waals surface area contributed by atoms with E-state index >= 15 is 0 Å². The van der Waals surface area contributed by atoms with Crippen LogP contribution in [0.2, 0.25) is 5.02 Å². The lowest BCUT2D eigenvalue weighted by Crippen LogP contribution is -2.43. The second-order valence-electron chi connectivity index (χ2n) is 7.95. The van der Waals surface area contributed by atoms with Crippen LogP contribution < -0.4 is 14.8 Å². The van der Waals surface area contributed by atoms with Gasteiger partial charge in [-0.2, -0.15) is 0 Å². The fourth-order valence-electron chi connectivity index (χ4n) is 3.79. The van der Waals surface area contributed by atoms with Crippen LogP contribution in [0.15, 0.2) is 42.5 Å². The van der Waals surface area contributed by atoms with E-state index in [9.17, 15) is 9.59 Å². The molecular formula is C25H31ClN2O5. The lowest BCUT2D eigenvalue weighted by atomic mass is 9.95. The predicted octanol–water partition coefficient (Wildman–Crippen LogP) is 3.93. The van der Waals surface area contributed by atoms with E-state index in [1.54, 1.807) is 37.3 Å². The molecule has 0 saturated carbocycles. The van der Waals surface area contributed by atoms with Crippen LogP contribution in [0.1, 0.15) is 35.2 Å². The molecule has 178 valence electrons. The van der Waals surface area contributed by atoms with E-state index in [1.165, 1.54) is 0 Å². The monoisotopic (exact) mass is 474 g/mol. The Morgan fingerprint density at radius 1 is 1.09 bits per heavy atom. The van der Waals surface area contributed by atoms with Gasteiger partial charge in [0, 0.05) is 55.4 Å². The standard InChI is InChI=1S/C25H31ClN2O5/c1-31-15-5-12-27-24(29)18-10-13-28(14-11-18)25(30)19-8-9-22(23(16-19)32-2)33-17-20-6-3-4-7-21(20)26/h3-4,6-9,16,18H,5,10-15,17H2,1-2H3,(H,27,29). The molecule has 2 aromatic rings. The van der Waals surface area contributed by atoms with Crippen LogP contribution in [-0.4, -0.2) is 57.2 Å². The maximum absolute atomic E-state index is 13.0. The van der Waals surface area contributed by atoms with Crippen molar-refractivity contribution in [3.63, 3.8) is 0 Å². The molecule has 33 heavy (non-hydrogen) atoms. The molecule has 1 aliphatic heterocycles. The van der Waals surface area contributed by atoms with Gasteiger partial charge >= 0.3 is 0 Å². The first-order chi connectivity index (χ1) is 16.0. The molecule has 1 fully saturated rings. The van der Waals surface area contributed by atoms with Gasteiger partial charge in [0.15, 0.2) is 11.5 Å². The number of rotatable bonds is 10. The van der Waals surface area contributed by atoms with Crippen LogP contribution in [0.3, 0.4) is 0 Å². The van der Waals surface area contributed by atoms with Crippen molar-refractivity contribution in [2.24, 2.45) is 5.92 Å². The van der Waals surface area contributed by atoms with Gasteiger partial charge in [0.25, 0.3) is 5.91 Å². The molecule has 1 saturated heterocycles. The first-order valence-electron chi connectivity index (χ1n) is 11.1. The number of carbonyl (C=O) groups is 2. The molecule has 1 aliphatic rings. The van der Waals surface area contributed by atoms with Gasteiger partial charge in [-0.25, -0.2) is 0 Å². The Hall–Kier alpha value is -2.77. The number of likely N-dealkylation sites (tertiary alicyclic amines) is 1. The molecule has 8 heteroatoms. The van der Waals surface area contributed by atoms with Gasteiger partial charge in [-0.1, -0.05) is 29.8 Å². The summed E-state index contributed by atoms with van der Waals surface area (Å²) in [6.07, 6.45) is 2.09. The summed E-state index contributed by atoms with van der Waals surface area (Å²) in [6.45, 7) is 2.62. The summed E-state index contributed by atoms with van der Waals surface area (Å²) < 4.78 is 16.3. The minimum absolute atomic E-state index is 0.0555. The van der Waals surface area contributed by atoms with Crippen LogP contribution >= 0.6 is 11.6 Å². The zero-order valence-electron chi connectivity index (χ0n) is 19.1. The van der Waals surface area contributed by atoms with Gasteiger partial charge in [0.1, 0.15) is 6.61 Å². The molecule has 2 amide bonds. The first kappa shape index (κ1) is 24.9. The van der Waals surface area contributed by atoms with Gasteiger partial charge in [-0.05, 0) is 43.5 Å². The van der Waals surface area contributed by atoms with Gasteiger partial charge in [0.05, 0.1) is 7.11 Å². The van der Waals surface area contributed by atoms with Crippen LogP contribution in [0, 0.1) is 5.92 Å². The van der Waals surface area contributed by atoms with Crippen LogP contribution in [-0.2, 0) is 16.1 Å². The fraction of sp³-hybridized carbons (Fsp3) is 0.440. The molecule has 0 aromatic heterocycles. The Balaban J connectivity index is 1.55. The molecule has 1 heterocycles. The van der Waals surface area contributed by atoms with E-state index in [0.29, 0.717) is 67.8 Å². The average Bonchev–Trinajstić information content (AvgIpc) is 2.85. The Labute approximate surface area is 200 Å². The fourth-order valence-corrected chi connectivity index (χ4v) is 3.98. The number of ether oxygens (including phenoxy) is 3. The van der Waals surface area contributed by atoms with Gasteiger partial charge in [-0.3, -0.25) is 9.59 Å². The molecule has 0 unspecified atom stereocenters. The highest BCUT2D eigenvalue weighted by molar-refractivity contribution is 6.31. The maximum atomic E-state index is 13.0. The third-order valence-corrected chi connectivity index (χ3v) is 6.10. The first-order valence-corrected chi connectivity index (χ1v) is 11.5. The van der Waals surface area contributed by atoms with Crippen molar-refractivity contribution in [1.82, 2.24) is 10.2 Å². The number of nitrogens with one attached hydrogen (secondary N) is 1. The van der Waals surface area contributed by atoms with E-state index in [4.69, 9.17) is 25.8 Å². The molecule has 1 N–H and O–H groups in total. The van der Waals surface area contributed by atoms with E-state index in [-0.39, 0.29) is 17.7 Å². The summed E-state index contributed by atoms with van der Waals surface area (Å²) in [4.78, 5) is 27.1. The second-order valence-corrected chi connectivity index (χ2v) is 8.36. The highest BCUT2D eigenvalue weighted by Crippen LogP contribution is 2.30. The topological polar surface area (TPSA) is 77.1 Å². The maximum Gasteiger partial charge on any atom is 0.253 e. The van der Waals surface area contributed by atoms with E-state index in [0.717, 1.165) is 12.0 Å². The predicted molar refractivity (Wildman–Crippen MR) is 127 cm³/mol. The molecular weight excluding hydrogens is 444 g/mol. The smallest absolute Gasteiger partial charge is 0.253 e. The van der Waals surface area contributed by atoms with Gasteiger partial charge in [-0.15, -0.1) is 0 Å². The van der Waals surface area contributed by atoms with E-state index in [1.807, 2.05) is 24.3 Å². The molecule has 0 bridgehead atoms. The lowest BCUT2D eigenvalue weighted by molar-refractivity contribution is -0.126. The van der Waals surface area contributed by atoms with Crippen molar-refractivity contribution < 1.29 is 23.8 Å². The number of halogens is 1. The van der Waals surface area contributed by atoms with Crippen molar-refractivity contribution in [1.29, 1.82) is 0 Å². The van der Waals surface area contributed by atoms with Crippen LogP contribution in [0.5, 0.6) is 11.5 Å². The molecule has 0 atom stereocenters. The van der Waals surface area contributed by atoms with Gasteiger partial charge < -0.3 is 24.4 Å². The minimum Gasteiger partial charge on any atom is -0.493 e. The molecule has 0 spiro atoms. The number of amides is 2. The molecule has 7 nitrogen and oxygen atoms in total. The SMILES string of the molecule is COCCCNC(=O)C1CCN(C(=O)c2ccc(OCc3ccccc3Cl)c(OC)c2)CC1. The number of hydrogen-bond acceptors (Lipinski definition) is 5. The zero-order chi connectivity index (χ0) is 23.6. The summed E-state index contributed by atoms with van der Waals surface area (Å²) in [5.41, 5.74) is 1.39. The quantitative estimate of drug-likeness (QED) is 0.528. The highest BCUT2D eigenvalue weighted by atomic mass is 35.5. The van der Waals surface area contributed by atoms with Crippen molar-refractivity contribution in [3.8, 4) is 11.5 Å². The number of methoxy groups -OCH3 is 2. The summed E-state index contributed by atoms with van der Waals surface area (Å²) in [6, 6.07) is 12.6.